The monoisotopic (exact) mass is 421 g/mol. The quantitative estimate of drug-likeness (QED) is 0.652. The average Bonchev–Trinajstić information content (AvgIpc) is 3.13. The topological polar surface area (TPSA) is 84.5 Å². The molecule has 2 heterocycles. The maximum Gasteiger partial charge on any atom is 0.238 e. The predicted octanol–water partition coefficient (Wildman–Crippen LogP) is 1.79. The summed E-state index contributed by atoms with van der Waals surface area (Å²) in [6, 6.07) is 16.7. The van der Waals surface area contributed by atoms with Crippen LogP contribution in [0.1, 0.15) is 11.1 Å². The molecule has 0 atom stereocenters. The molecular formula is C22H23N5O2S. The van der Waals surface area contributed by atoms with Gasteiger partial charge in [-0.2, -0.15) is 5.10 Å². The lowest BCUT2D eigenvalue weighted by molar-refractivity contribution is 0.598. The lowest BCUT2D eigenvalue weighted by Crippen LogP contribution is -2.47. The van der Waals surface area contributed by atoms with E-state index in [9.17, 15) is 8.42 Å². The van der Waals surface area contributed by atoms with Gasteiger partial charge in [-0.3, -0.25) is 4.68 Å². The molecule has 0 aliphatic carbocycles. The summed E-state index contributed by atoms with van der Waals surface area (Å²) in [7, 11) is -1.78. The zero-order chi connectivity index (χ0) is 21.1. The second kappa shape index (κ2) is 8.22. The number of rotatable bonds is 3. The molecule has 0 saturated carbocycles. The molecule has 2 N–H and O–H groups in total. The molecule has 0 radical (unpaired) electrons. The fourth-order valence-corrected chi connectivity index (χ4v) is 4.09. The number of hydrogen-bond acceptors (Lipinski definition) is 5. The lowest BCUT2D eigenvalue weighted by Gasteiger charge is -2.37. The molecule has 1 aliphatic heterocycles. The molecule has 7 nitrogen and oxygen atoms in total. The first-order chi connectivity index (χ1) is 14.4. The molecule has 1 fully saturated rings. The maximum absolute atomic E-state index is 11.4. The van der Waals surface area contributed by atoms with E-state index in [-0.39, 0.29) is 4.90 Å². The largest absolute Gasteiger partial charge is 0.368 e. The van der Waals surface area contributed by atoms with E-state index in [2.05, 4.69) is 51.0 Å². The lowest BCUT2D eigenvalue weighted by atomic mass is 10.2. The predicted molar refractivity (Wildman–Crippen MR) is 118 cm³/mol. The van der Waals surface area contributed by atoms with Crippen molar-refractivity contribution in [3.05, 3.63) is 71.9 Å². The summed E-state index contributed by atoms with van der Waals surface area (Å²) in [4.78, 5) is 4.76. The van der Waals surface area contributed by atoms with E-state index in [1.807, 2.05) is 17.8 Å². The van der Waals surface area contributed by atoms with Gasteiger partial charge in [-0.05, 0) is 36.4 Å². The van der Waals surface area contributed by atoms with Crippen LogP contribution in [-0.4, -0.2) is 44.4 Å². The summed E-state index contributed by atoms with van der Waals surface area (Å²) in [5.74, 6) is 7.27. The van der Waals surface area contributed by atoms with Crippen molar-refractivity contribution in [1.82, 2.24) is 9.78 Å². The Hall–Kier alpha value is -3.28. The van der Waals surface area contributed by atoms with Gasteiger partial charge in [-0.1, -0.05) is 30.0 Å². The van der Waals surface area contributed by atoms with Crippen molar-refractivity contribution in [3.8, 4) is 11.8 Å². The summed E-state index contributed by atoms with van der Waals surface area (Å²) in [5.41, 5.74) is 2.80. The molecule has 154 valence electrons. The number of piperazine rings is 1. The Morgan fingerprint density at radius 2 is 1.53 bits per heavy atom. The van der Waals surface area contributed by atoms with E-state index < -0.39 is 10.0 Å². The van der Waals surface area contributed by atoms with Crippen LogP contribution in [0, 0.1) is 11.8 Å². The van der Waals surface area contributed by atoms with Crippen molar-refractivity contribution >= 4 is 21.5 Å². The Kier molecular flexibility index (Phi) is 5.48. The minimum Gasteiger partial charge on any atom is -0.368 e. The molecule has 3 aromatic rings. The Balaban J connectivity index is 1.50. The molecule has 0 bridgehead atoms. The first-order valence-electron chi connectivity index (χ1n) is 9.64. The van der Waals surface area contributed by atoms with Crippen molar-refractivity contribution in [2.75, 3.05) is 36.0 Å². The number of nitrogens with two attached hydrogens (primary N) is 1. The van der Waals surface area contributed by atoms with Crippen LogP contribution < -0.4 is 14.9 Å². The van der Waals surface area contributed by atoms with Gasteiger partial charge in [-0.15, -0.1) is 0 Å². The van der Waals surface area contributed by atoms with E-state index in [0.717, 1.165) is 37.6 Å². The molecule has 0 unspecified atom stereocenters. The normalized spacial score (nSPS) is 14.3. The van der Waals surface area contributed by atoms with Gasteiger partial charge in [0.25, 0.3) is 0 Å². The minimum atomic E-state index is -3.70. The van der Waals surface area contributed by atoms with E-state index in [1.54, 1.807) is 18.3 Å². The van der Waals surface area contributed by atoms with Gasteiger partial charge in [0.1, 0.15) is 5.82 Å². The van der Waals surface area contributed by atoms with Crippen LogP contribution in [0.15, 0.2) is 65.7 Å². The molecule has 1 aromatic heterocycles. The van der Waals surface area contributed by atoms with E-state index in [0.29, 0.717) is 5.56 Å². The molecule has 4 rings (SSSR count). The van der Waals surface area contributed by atoms with Crippen LogP contribution in [0.3, 0.4) is 0 Å². The molecule has 1 aliphatic rings. The second-order valence-electron chi connectivity index (χ2n) is 7.13. The summed E-state index contributed by atoms with van der Waals surface area (Å²) in [6.07, 6.45) is 1.77. The summed E-state index contributed by atoms with van der Waals surface area (Å²) < 4.78 is 24.6. The van der Waals surface area contributed by atoms with Gasteiger partial charge < -0.3 is 9.80 Å². The van der Waals surface area contributed by atoms with Crippen LogP contribution >= 0.6 is 0 Å². The molecule has 0 amide bonds. The van der Waals surface area contributed by atoms with E-state index in [4.69, 9.17) is 5.14 Å². The smallest absolute Gasteiger partial charge is 0.238 e. The number of aryl methyl sites for hydroxylation is 1. The highest BCUT2D eigenvalue weighted by Crippen LogP contribution is 2.23. The third-order valence-electron chi connectivity index (χ3n) is 5.13. The summed E-state index contributed by atoms with van der Waals surface area (Å²) >= 11 is 0. The number of nitrogens with zero attached hydrogens (tertiary/aromatic N) is 4. The van der Waals surface area contributed by atoms with Crippen molar-refractivity contribution in [2.24, 2.45) is 12.2 Å². The first-order valence-corrected chi connectivity index (χ1v) is 11.2. The van der Waals surface area contributed by atoms with Crippen molar-refractivity contribution < 1.29 is 8.42 Å². The van der Waals surface area contributed by atoms with Crippen molar-refractivity contribution in [2.45, 2.75) is 4.90 Å². The number of anilines is 2. The van der Waals surface area contributed by atoms with E-state index >= 15 is 0 Å². The number of primary sulfonamides is 1. The number of aromatic nitrogens is 2. The van der Waals surface area contributed by atoms with Gasteiger partial charge in [0.2, 0.25) is 10.0 Å². The zero-order valence-corrected chi connectivity index (χ0v) is 17.5. The van der Waals surface area contributed by atoms with Crippen molar-refractivity contribution in [1.29, 1.82) is 0 Å². The average molecular weight is 422 g/mol. The molecular weight excluding hydrogens is 398 g/mol. The summed E-state index contributed by atoms with van der Waals surface area (Å²) in [6.45, 7) is 3.62. The number of hydrogen-bond donors (Lipinski definition) is 1. The van der Waals surface area contributed by atoms with Gasteiger partial charge in [0, 0.05) is 44.5 Å². The van der Waals surface area contributed by atoms with Crippen LogP contribution in [0.4, 0.5) is 11.5 Å². The maximum atomic E-state index is 11.4. The van der Waals surface area contributed by atoms with Gasteiger partial charge in [0.15, 0.2) is 0 Å². The van der Waals surface area contributed by atoms with Crippen molar-refractivity contribution in [3.63, 3.8) is 0 Å². The molecule has 8 heteroatoms. The fraction of sp³-hybridized carbons (Fsp3) is 0.227. The van der Waals surface area contributed by atoms with Crippen LogP contribution in [-0.2, 0) is 17.1 Å². The molecule has 2 aromatic carbocycles. The third-order valence-corrected chi connectivity index (χ3v) is 6.06. The SMILES string of the molecule is Cn1ncc(C#Cc2ccc(S(N)(=O)=O)cc2)c1N1CCN(c2ccccc2)CC1. The highest BCUT2D eigenvalue weighted by atomic mass is 32.2. The number of para-hydroxylation sites is 1. The molecule has 1 saturated heterocycles. The highest BCUT2D eigenvalue weighted by Gasteiger charge is 2.21. The van der Waals surface area contributed by atoms with Gasteiger partial charge in [0.05, 0.1) is 16.7 Å². The van der Waals surface area contributed by atoms with Gasteiger partial charge >= 0.3 is 0 Å². The Morgan fingerprint density at radius 1 is 0.900 bits per heavy atom. The van der Waals surface area contributed by atoms with Crippen LogP contribution in [0.2, 0.25) is 0 Å². The number of benzene rings is 2. The Bertz CT molecular complexity index is 1180. The highest BCUT2D eigenvalue weighted by molar-refractivity contribution is 7.89. The van der Waals surface area contributed by atoms with E-state index in [1.165, 1.54) is 17.8 Å². The zero-order valence-electron chi connectivity index (χ0n) is 16.7. The molecule has 0 spiro atoms. The first kappa shape index (κ1) is 20.0. The Labute approximate surface area is 176 Å². The minimum absolute atomic E-state index is 0.0754. The third kappa shape index (κ3) is 4.32. The van der Waals surface area contributed by atoms with Crippen LogP contribution in [0.5, 0.6) is 0 Å². The van der Waals surface area contributed by atoms with Crippen LogP contribution in [0.25, 0.3) is 0 Å². The standard InChI is InChI=1S/C22H23N5O2S/c1-25-22(27-15-13-26(14-16-27)20-5-3-2-4-6-20)19(17-24-25)10-7-18-8-11-21(12-9-18)30(23,28)29/h2-6,8-9,11-12,17H,13-16H2,1H3,(H2,23,28,29). The fourth-order valence-electron chi connectivity index (χ4n) is 3.58. The summed E-state index contributed by atoms with van der Waals surface area (Å²) in [5, 5.41) is 9.53. The second-order valence-corrected chi connectivity index (χ2v) is 8.70. The number of sulfonamides is 1. The molecule has 30 heavy (non-hydrogen) atoms. The Morgan fingerprint density at radius 3 is 2.17 bits per heavy atom. The van der Waals surface area contributed by atoms with Gasteiger partial charge in [-0.25, -0.2) is 13.6 Å².